The van der Waals surface area contributed by atoms with Gasteiger partial charge in [0.2, 0.25) is 5.91 Å². The molecule has 2 aromatic carbocycles. The third-order valence-corrected chi connectivity index (χ3v) is 5.31. The van der Waals surface area contributed by atoms with E-state index in [9.17, 15) is 9.59 Å². The number of nitrogens with one attached hydrogen (secondary N) is 2. The average molecular weight is 394 g/mol. The lowest BCUT2D eigenvalue weighted by atomic mass is 10.1. The first kappa shape index (κ1) is 18.1. The summed E-state index contributed by atoms with van der Waals surface area (Å²) in [6.45, 7) is 1.63. The molecular formula is C21H18N2O4S. The Hall–Kier alpha value is -3.32. The van der Waals surface area contributed by atoms with Crippen LogP contribution in [-0.2, 0) is 4.79 Å². The van der Waals surface area contributed by atoms with Gasteiger partial charge in [0.1, 0.15) is 23.0 Å². The van der Waals surface area contributed by atoms with Crippen LogP contribution in [0.2, 0.25) is 0 Å². The van der Waals surface area contributed by atoms with Crippen molar-refractivity contribution in [1.29, 1.82) is 0 Å². The van der Waals surface area contributed by atoms with E-state index in [0.717, 1.165) is 16.4 Å². The minimum Gasteiger partial charge on any atom is -0.495 e. The Bertz CT molecular complexity index is 1160. The molecule has 7 heteroatoms. The topological polar surface area (TPSA) is 80.6 Å². The summed E-state index contributed by atoms with van der Waals surface area (Å²) in [5, 5.41) is 9.20. The van der Waals surface area contributed by atoms with Gasteiger partial charge in [-0.2, -0.15) is 0 Å². The molecule has 4 aromatic rings. The summed E-state index contributed by atoms with van der Waals surface area (Å²) in [4.78, 5) is 25.3. The molecule has 2 aromatic heterocycles. The third-order valence-electron chi connectivity index (χ3n) is 4.44. The number of rotatable bonds is 5. The van der Waals surface area contributed by atoms with Crippen molar-refractivity contribution in [3.63, 3.8) is 0 Å². The maximum absolute atomic E-state index is 12.6. The fourth-order valence-electron chi connectivity index (χ4n) is 3.00. The molecule has 28 heavy (non-hydrogen) atoms. The molecule has 0 radical (unpaired) electrons. The zero-order valence-corrected chi connectivity index (χ0v) is 16.1. The summed E-state index contributed by atoms with van der Waals surface area (Å²) in [5.74, 6) is -0.111. The number of ether oxygens (including phenoxy) is 1. The number of para-hydroxylation sites is 1. The van der Waals surface area contributed by atoms with Gasteiger partial charge in [-0.15, -0.1) is 11.3 Å². The first-order valence-corrected chi connectivity index (χ1v) is 9.59. The van der Waals surface area contributed by atoms with Crippen molar-refractivity contribution in [3.05, 3.63) is 58.8 Å². The van der Waals surface area contributed by atoms with Gasteiger partial charge in [0.15, 0.2) is 0 Å². The van der Waals surface area contributed by atoms with Crippen LogP contribution in [0, 0.1) is 0 Å². The SMILES string of the molecule is COc1cc2c(cc1NC(=O)C(C)NC(=O)c1cccs1)oc1ccccc12. The minimum absolute atomic E-state index is 0.280. The molecule has 0 aliphatic carbocycles. The first-order chi connectivity index (χ1) is 13.6. The standard InChI is InChI=1S/C21H18N2O4S/c1-12(22-21(25)19-8-5-9-28-19)20(24)23-15-11-17-14(10-18(15)26-2)13-6-3-4-7-16(13)27-17/h3-12H,1-2H3,(H,22,25)(H,23,24). The highest BCUT2D eigenvalue weighted by Gasteiger charge is 2.20. The lowest BCUT2D eigenvalue weighted by molar-refractivity contribution is -0.117. The highest BCUT2D eigenvalue weighted by molar-refractivity contribution is 7.12. The molecule has 4 rings (SSSR count). The maximum Gasteiger partial charge on any atom is 0.261 e. The van der Waals surface area contributed by atoms with Gasteiger partial charge < -0.3 is 19.8 Å². The number of amides is 2. The van der Waals surface area contributed by atoms with Crippen LogP contribution in [0.5, 0.6) is 5.75 Å². The van der Waals surface area contributed by atoms with E-state index in [1.54, 1.807) is 32.2 Å². The number of thiophene rings is 1. The second-order valence-corrected chi connectivity index (χ2v) is 7.26. The molecule has 1 atom stereocenters. The van der Waals surface area contributed by atoms with Gasteiger partial charge in [-0.1, -0.05) is 24.3 Å². The normalized spacial score (nSPS) is 12.1. The van der Waals surface area contributed by atoms with Crippen LogP contribution in [0.4, 0.5) is 5.69 Å². The number of carbonyl (C=O) groups excluding carboxylic acids is 2. The Balaban J connectivity index is 1.58. The molecule has 2 N–H and O–H groups in total. The molecular weight excluding hydrogens is 376 g/mol. The molecule has 0 saturated heterocycles. The maximum atomic E-state index is 12.6. The van der Waals surface area contributed by atoms with Gasteiger partial charge in [0.05, 0.1) is 17.7 Å². The first-order valence-electron chi connectivity index (χ1n) is 8.71. The smallest absolute Gasteiger partial charge is 0.261 e. The predicted octanol–water partition coefficient (Wildman–Crippen LogP) is 4.41. The molecule has 1 unspecified atom stereocenters. The summed E-state index contributed by atoms with van der Waals surface area (Å²) in [6, 6.07) is 14.1. The highest BCUT2D eigenvalue weighted by atomic mass is 32.1. The highest BCUT2D eigenvalue weighted by Crippen LogP contribution is 2.36. The average Bonchev–Trinajstić information content (AvgIpc) is 3.35. The van der Waals surface area contributed by atoms with E-state index in [2.05, 4.69) is 10.6 Å². The minimum atomic E-state index is -0.717. The number of methoxy groups -OCH3 is 1. The Morgan fingerprint density at radius 2 is 1.89 bits per heavy atom. The van der Waals surface area contributed by atoms with Gasteiger partial charge in [-0.25, -0.2) is 0 Å². The van der Waals surface area contributed by atoms with Gasteiger partial charge in [0.25, 0.3) is 5.91 Å². The molecule has 2 heterocycles. The summed E-state index contributed by atoms with van der Waals surface area (Å²) in [7, 11) is 1.54. The summed E-state index contributed by atoms with van der Waals surface area (Å²) in [5.41, 5.74) is 1.89. The van der Waals surface area contributed by atoms with Crippen LogP contribution in [0.3, 0.4) is 0 Å². The molecule has 6 nitrogen and oxygen atoms in total. The number of carbonyl (C=O) groups is 2. The number of hydrogen-bond acceptors (Lipinski definition) is 5. The number of anilines is 1. The monoisotopic (exact) mass is 394 g/mol. The zero-order valence-electron chi connectivity index (χ0n) is 15.3. The molecule has 0 aliphatic rings. The Labute approximate surface area is 165 Å². The van der Waals surface area contributed by atoms with Crippen LogP contribution in [0.1, 0.15) is 16.6 Å². The summed E-state index contributed by atoms with van der Waals surface area (Å²) >= 11 is 1.32. The van der Waals surface area contributed by atoms with Gasteiger partial charge in [-0.05, 0) is 30.5 Å². The summed E-state index contributed by atoms with van der Waals surface area (Å²) in [6.07, 6.45) is 0. The molecule has 2 amide bonds. The van der Waals surface area contributed by atoms with Crippen molar-refractivity contribution in [2.45, 2.75) is 13.0 Å². The molecule has 0 aliphatic heterocycles. The second-order valence-electron chi connectivity index (χ2n) is 6.31. The molecule has 0 bridgehead atoms. The Morgan fingerprint density at radius 1 is 1.07 bits per heavy atom. The van der Waals surface area contributed by atoms with Crippen LogP contribution in [0.15, 0.2) is 58.3 Å². The van der Waals surface area contributed by atoms with E-state index in [1.165, 1.54) is 11.3 Å². The van der Waals surface area contributed by atoms with Crippen molar-refractivity contribution < 1.29 is 18.7 Å². The van der Waals surface area contributed by atoms with Gasteiger partial charge in [0, 0.05) is 16.8 Å². The van der Waals surface area contributed by atoms with E-state index in [-0.39, 0.29) is 11.8 Å². The van der Waals surface area contributed by atoms with Crippen molar-refractivity contribution >= 4 is 50.8 Å². The number of furan rings is 1. The Morgan fingerprint density at radius 3 is 2.64 bits per heavy atom. The van der Waals surface area contributed by atoms with E-state index >= 15 is 0 Å². The molecule has 0 saturated carbocycles. The van der Waals surface area contributed by atoms with E-state index < -0.39 is 6.04 Å². The van der Waals surface area contributed by atoms with Crippen molar-refractivity contribution in [1.82, 2.24) is 5.32 Å². The van der Waals surface area contributed by atoms with Crippen molar-refractivity contribution in [3.8, 4) is 5.75 Å². The van der Waals surface area contributed by atoms with Gasteiger partial charge in [-0.3, -0.25) is 9.59 Å². The zero-order chi connectivity index (χ0) is 19.7. The second kappa shape index (κ2) is 7.36. The predicted molar refractivity (Wildman–Crippen MR) is 110 cm³/mol. The quantitative estimate of drug-likeness (QED) is 0.525. The van der Waals surface area contributed by atoms with E-state index in [1.807, 2.05) is 35.7 Å². The number of hydrogen-bond donors (Lipinski definition) is 2. The summed E-state index contributed by atoms with van der Waals surface area (Å²) < 4.78 is 11.3. The lowest BCUT2D eigenvalue weighted by Gasteiger charge is -2.15. The van der Waals surface area contributed by atoms with Crippen LogP contribution < -0.4 is 15.4 Å². The Kier molecular flexibility index (Phi) is 4.75. The van der Waals surface area contributed by atoms with Crippen LogP contribution >= 0.6 is 11.3 Å². The van der Waals surface area contributed by atoms with Crippen molar-refractivity contribution in [2.24, 2.45) is 0 Å². The van der Waals surface area contributed by atoms with Gasteiger partial charge >= 0.3 is 0 Å². The largest absolute Gasteiger partial charge is 0.495 e. The fraction of sp³-hybridized carbons (Fsp3) is 0.143. The van der Waals surface area contributed by atoms with Crippen LogP contribution in [-0.4, -0.2) is 25.0 Å². The van der Waals surface area contributed by atoms with E-state index in [4.69, 9.17) is 9.15 Å². The number of benzene rings is 2. The van der Waals surface area contributed by atoms with Crippen LogP contribution in [0.25, 0.3) is 21.9 Å². The van der Waals surface area contributed by atoms with Crippen molar-refractivity contribution in [2.75, 3.05) is 12.4 Å². The molecule has 0 fully saturated rings. The lowest BCUT2D eigenvalue weighted by Crippen LogP contribution is -2.41. The fourth-order valence-corrected chi connectivity index (χ4v) is 3.63. The third kappa shape index (κ3) is 3.32. The number of fused-ring (bicyclic) bond motifs is 3. The molecule has 0 spiro atoms. The van der Waals surface area contributed by atoms with E-state index in [0.29, 0.717) is 21.9 Å². The molecule has 142 valence electrons.